The Kier molecular flexibility index (Phi) is 7.25. The average molecular weight is 347 g/mol. The first kappa shape index (κ1) is 18.8. The fraction of sp³-hybridized carbons (Fsp3) is 0.500. The summed E-state index contributed by atoms with van der Waals surface area (Å²) in [6.45, 7) is 3.23. The van der Waals surface area contributed by atoms with E-state index in [-0.39, 0.29) is 31.1 Å². The molecule has 0 spiro atoms. The summed E-state index contributed by atoms with van der Waals surface area (Å²) in [5.74, 6) is -1.09. The van der Waals surface area contributed by atoms with Crippen LogP contribution in [0.1, 0.15) is 25.7 Å². The molecule has 0 aromatic heterocycles. The van der Waals surface area contributed by atoms with Gasteiger partial charge in [0.05, 0.1) is 0 Å². The first-order chi connectivity index (χ1) is 12.1. The maximum atomic E-state index is 12.2. The zero-order valence-electron chi connectivity index (χ0n) is 14.3. The Bertz CT molecular complexity index is 583. The molecule has 0 atom stereocenters. The van der Waals surface area contributed by atoms with Crippen LogP contribution in [0.5, 0.6) is 0 Å². The lowest BCUT2D eigenvalue weighted by molar-refractivity contribution is -0.137. The Morgan fingerprint density at radius 1 is 0.960 bits per heavy atom. The lowest BCUT2D eigenvalue weighted by Crippen LogP contribution is -2.48. The maximum absolute atomic E-state index is 12.2. The standard InChI is InChI=1S/C18H25N3O4/c22-16(19-10-4-7-18(24)25)8-9-17(23)21-13-11-20(12-14-21)15-5-2-1-3-6-15/h1-3,5-6H,4,7-14H2,(H,19,22)(H,24,25). The molecule has 0 unspecified atom stereocenters. The van der Waals surface area contributed by atoms with E-state index in [0.29, 0.717) is 26.1 Å². The topological polar surface area (TPSA) is 89.9 Å². The van der Waals surface area contributed by atoms with E-state index < -0.39 is 5.97 Å². The summed E-state index contributed by atoms with van der Waals surface area (Å²) >= 11 is 0. The molecule has 1 aliphatic rings. The Hall–Kier alpha value is -2.57. The summed E-state index contributed by atoms with van der Waals surface area (Å²) in [6, 6.07) is 10.1. The van der Waals surface area contributed by atoms with E-state index in [4.69, 9.17) is 5.11 Å². The van der Waals surface area contributed by atoms with Crippen LogP contribution in [-0.4, -0.2) is 60.5 Å². The molecule has 1 aromatic carbocycles. The van der Waals surface area contributed by atoms with E-state index in [1.807, 2.05) is 18.2 Å². The molecule has 2 amide bonds. The predicted molar refractivity (Wildman–Crippen MR) is 94.3 cm³/mol. The van der Waals surface area contributed by atoms with Gasteiger partial charge < -0.3 is 20.2 Å². The first-order valence-corrected chi connectivity index (χ1v) is 8.62. The van der Waals surface area contributed by atoms with Gasteiger partial charge in [-0.1, -0.05) is 18.2 Å². The molecule has 0 radical (unpaired) electrons. The third kappa shape index (κ3) is 6.45. The molecule has 0 saturated carbocycles. The first-order valence-electron chi connectivity index (χ1n) is 8.62. The summed E-state index contributed by atoms with van der Waals surface area (Å²) < 4.78 is 0. The summed E-state index contributed by atoms with van der Waals surface area (Å²) in [5, 5.41) is 11.2. The van der Waals surface area contributed by atoms with Crippen LogP contribution in [0.2, 0.25) is 0 Å². The minimum absolute atomic E-state index is 0.00611. The van der Waals surface area contributed by atoms with Gasteiger partial charge in [-0.05, 0) is 18.6 Å². The summed E-state index contributed by atoms with van der Waals surface area (Å²) in [6.07, 6.45) is 0.766. The monoisotopic (exact) mass is 347 g/mol. The highest BCUT2D eigenvalue weighted by atomic mass is 16.4. The smallest absolute Gasteiger partial charge is 0.303 e. The van der Waals surface area contributed by atoms with Crippen molar-refractivity contribution in [3.63, 3.8) is 0 Å². The van der Waals surface area contributed by atoms with Gasteiger partial charge in [0.25, 0.3) is 0 Å². The van der Waals surface area contributed by atoms with Gasteiger partial charge in [-0.3, -0.25) is 14.4 Å². The van der Waals surface area contributed by atoms with Crippen molar-refractivity contribution in [3.8, 4) is 0 Å². The minimum Gasteiger partial charge on any atom is -0.481 e. The van der Waals surface area contributed by atoms with E-state index in [1.165, 1.54) is 0 Å². The van der Waals surface area contributed by atoms with E-state index >= 15 is 0 Å². The molecule has 1 heterocycles. The lowest BCUT2D eigenvalue weighted by Gasteiger charge is -2.36. The Morgan fingerprint density at radius 3 is 2.28 bits per heavy atom. The van der Waals surface area contributed by atoms with E-state index in [0.717, 1.165) is 18.8 Å². The molecule has 7 heteroatoms. The fourth-order valence-electron chi connectivity index (χ4n) is 2.79. The predicted octanol–water partition coefficient (Wildman–Crippen LogP) is 1.10. The van der Waals surface area contributed by atoms with Crippen LogP contribution in [0.25, 0.3) is 0 Å². The molecule has 0 bridgehead atoms. The molecule has 2 rings (SSSR count). The van der Waals surface area contributed by atoms with Gasteiger partial charge in [0, 0.05) is 57.7 Å². The van der Waals surface area contributed by atoms with Gasteiger partial charge in [0.1, 0.15) is 0 Å². The van der Waals surface area contributed by atoms with Crippen molar-refractivity contribution in [2.75, 3.05) is 37.6 Å². The largest absolute Gasteiger partial charge is 0.481 e. The third-order valence-corrected chi connectivity index (χ3v) is 4.21. The van der Waals surface area contributed by atoms with Gasteiger partial charge in [-0.25, -0.2) is 0 Å². The summed E-state index contributed by atoms with van der Waals surface area (Å²) in [7, 11) is 0. The second-order valence-electron chi connectivity index (χ2n) is 6.05. The number of para-hydroxylation sites is 1. The number of hydrogen-bond acceptors (Lipinski definition) is 4. The number of nitrogens with zero attached hydrogens (tertiary/aromatic N) is 2. The van der Waals surface area contributed by atoms with Crippen LogP contribution >= 0.6 is 0 Å². The van der Waals surface area contributed by atoms with Crippen LogP contribution in [0.4, 0.5) is 5.69 Å². The van der Waals surface area contributed by atoms with Crippen LogP contribution in [0.3, 0.4) is 0 Å². The Morgan fingerprint density at radius 2 is 1.64 bits per heavy atom. The van der Waals surface area contributed by atoms with Gasteiger partial charge in [-0.15, -0.1) is 0 Å². The van der Waals surface area contributed by atoms with Gasteiger partial charge in [0.2, 0.25) is 11.8 Å². The molecule has 2 N–H and O–H groups in total. The maximum Gasteiger partial charge on any atom is 0.303 e. The van der Waals surface area contributed by atoms with Crippen molar-refractivity contribution in [1.82, 2.24) is 10.2 Å². The minimum atomic E-state index is -0.876. The molecule has 7 nitrogen and oxygen atoms in total. The van der Waals surface area contributed by atoms with Gasteiger partial charge in [-0.2, -0.15) is 0 Å². The number of hydrogen-bond donors (Lipinski definition) is 2. The van der Waals surface area contributed by atoms with Crippen LogP contribution in [-0.2, 0) is 14.4 Å². The number of benzene rings is 1. The molecule has 1 aromatic rings. The van der Waals surface area contributed by atoms with Crippen molar-refractivity contribution in [2.24, 2.45) is 0 Å². The van der Waals surface area contributed by atoms with Gasteiger partial charge in [0.15, 0.2) is 0 Å². The van der Waals surface area contributed by atoms with Crippen molar-refractivity contribution < 1.29 is 19.5 Å². The quantitative estimate of drug-likeness (QED) is 0.687. The molecule has 1 saturated heterocycles. The number of amides is 2. The number of aliphatic carboxylic acids is 1. The number of nitrogens with one attached hydrogen (secondary N) is 1. The lowest BCUT2D eigenvalue weighted by atomic mass is 10.2. The van der Waals surface area contributed by atoms with Crippen molar-refractivity contribution in [3.05, 3.63) is 30.3 Å². The Labute approximate surface area is 147 Å². The highest BCUT2D eigenvalue weighted by Gasteiger charge is 2.21. The second-order valence-corrected chi connectivity index (χ2v) is 6.05. The number of piperazine rings is 1. The molecule has 25 heavy (non-hydrogen) atoms. The van der Waals surface area contributed by atoms with Crippen LogP contribution in [0.15, 0.2) is 30.3 Å². The molecule has 1 fully saturated rings. The highest BCUT2D eigenvalue weighted by Crippen LogP contribution is 2.16. The zero-order chi connectivity index (χ0) is 18.1. The third-order valence-electron chi connectivity index (χ3n) is 4.21. The number of anilines is 1. The molecule has 136 valence electrons. The zero-order valence-corrected chi connectivity index (χ0v) is 14.3. The number of carbonyl (C=O) groups is 3. The van der Waals surface area contributed by atoms with Crippen molar-refractivity contribution in [1.29, 1.82) is 0 Å². The van der Waals surface area contributed by atoms with Crippen LogP contribution < -0.4 is 10.2 Å². The summed E-state index contributed by atoms with van der Waals surface area (Å²) in [4.78, 5) is 38.3. The molecule has 1 aliphatic heterocycles. The molecular formula is C18H25N3O4. The fourth-order valence-corrected chi connectivity index (χ4v) is 2.79. The van der Waals surface area contributed by atoms with Crippen molar-refractivity contribution >= 4 is 23.5 Å². The highest BCUT2D eigenvalue weighted by molar-refractivity contribution is 5.84. The number of carboxylic acid groups (broad SMARTS) is 1. The van der Waals surface area contributed by atoms with Crippen molar-refractivity contribution in [2.45, 2.75) is 25.7 Å². The van der Waals surface area contributed by atoms with E-state index in [1.54, 1.807) is 4.90 Å². The number of rotatable bonds is 8. The molecular weight excluding hydrogens is 322 g/mol. The normalized spacial score (nSPS) is 14.2. The summed E-state index contributed by atoms with van der Waals surface area (Å²) in [5.41, 5.74) is 1.16. The van der Waals surface area contributed by atoms with Gasteiger partial charge >= 0.3 is 5.97 Å². The second kappa shape index (κ2) is 9.66. The van der Waals surface area contributed by atoms with Crippen LogP contribution in [0, 0.1) is 0 Å². The molecule has 0 aliphatic carbocycles. The van der Waals surface area contributed by atoms with E-state index in [9.17, 15) is 14.4 Å². The van der Waals surface area contributed by atoms with E-state index in [2.05, 4.69) is 22.3 Å². The number of carbonyl (C=O) groups excluding carboxylic acids is 2. The average Bonchev–Trinajstić information content (AvgIpc) is 2.64. The number of carboxylic acids is 1. The Balaban J connectivity index is 1.63. The SMILES string of the molecule is O=C(O)CCCNC(=O)CCC(=O)N1CCN(c2ccccc2)CC1.